The number of benzene rings is 3. The van der Waals surface area contributed by atoms with Gasteiger partial charge in [0, 0.05) is 49.1 Å². The molecular formula is C39H43N9. The zero-order valence-corrected chi connectivity index (χ0v) is 29.0. The summed E-state index contributed by atoms with van der Waals surface area (Å²) in [7, 11) is 2.17. The van der Waals surface area contributed by atoms with Gasteiger partial charge < -0.3 is 9.80 Å². The fourth-order valence-electron chi connectivity index (χ4n) is 6.54. The number of piperazine rings is 1. The van der Waals surface area contributed by atoms with Gasteiger partial charge in [0.1, 0.15) is 5.82 Å². The van der Waals surface area contributed by atoms with Gasteiger partial charge in [0.15, 0.2) is 5.82 Å². The zero-order valence-electron chi connectivity index (χ0n) is 29.0. The fourth-order valence-corrected chi connectivity index (χ4v) is 6.54. The predicted octanol–water partition coefficient (Wildman–Crippen LogP) is 7.56. The molecule has 0 radical (unpaired) electrons. The Morgan fingerprint density at radius 2 is 1.48 bits per heavy atom. The van der Waals surface area contributed by atoms with Crippen LogP contribution in [0.25, 0.3) is 34.0 Å². The van der Waals surface area contributed by atoms with Gasteiger partial charge in [-0.25, -0.2) is 34.8 Å². The molecule has 5 aromatic rings. The molecule has 2 aromatic heterocycles. The normalized spacial score (nSPS) is 16.9. The van der Waals surface area contributed by atoms with Crippen molar-refractivity contribution in [2.45, 2.75) is 53.5 Å². The minimum Gasteiger partial charge on any atom is -0.353 e. The number of aryl methyl sites for hydroxylation is 3. The Balaban J connectivity index is 1.42. The van der Waals surface area contributed by atoms with Crippen LogP contribution in [0.5, 0.6) is 0 Å². The van der Waals surface area contributed by atoms with Crippen LogP contribution in [0.1, 0.15) is 55.4 Å². The zero-order chi connectivity index (χ0) is 33.6. The second kappa shape index (κ2) is 12.5. The van der Waals surface area contributed by atoms with Crippen LogP contribution in [-0.2, 0) is 0 Å². The largest absolute Gasteiger partial charge is 0.353 e. The van der Waals surface area contributed by atoms with Crippen LogP contribution < -0.4 is 9.80 Å². The van der Waals surface area contributed by atoms with Crippen molar-refractivity contribution in [1.82, 2.24) is 24.8 Å². The minimum atomic E-state index is -0.317. The number of likely N-dealkylation sites (N-methyl/N-ethyl adjacent to an activating group) is 1. The van der Waals surface area contributed by atoms with Crippen molar-refractivity contribution in [2.24, 2.45) is 9.98 Å². The molecule has 0 N–H and O–H groups in total. The maximum absolute atomic E-state index is 5.14. The Kier molecular flexibility index (Phi) is 8.25. The van der Waals surface area contributed by atoms with E-state index < -0.39 is 0 Å². The topological polar surface area (TPSA) is 86.0 Å². The van der Waals surface area contributed by atoms with Crippen molar-refractivity contribution in [3.8, 4) is 0 Å². The van der Waals surface area contributed by atoms with E-state index in [1.807, 2.05) is 36.1 Å². The molecular weight excluding hydrogens is 594 g/mol. The standard InChI is InChI=1S/C39H43N9/c1-25-21-32-28(4)41-37(43-33(32)22-26(25)2)48(38-40-27(3)24-39(5,6)45-38)30-14-15-31-34(23-30)42-35(16-13-29-11-9-8-10-12-29)44-36(31)47-19-17-46(7)18-20-47/h8-16,21-23H,17-20,24H2,1-7H3. The van der Waals surface area contributed by atoms with Crippen LogP contribution in [0.2, 0.25) is 0 Å². The third kappa shape index (κ3) is 6.42. The number of hydrogen-bond acceptors (Lipinski definition) is 9. The van der Waals surface area contributed by atoms with E-state index in [2.05, 4.69) is 100 Å². The van der Waals surface area contributed by atoms with Crippen molar-refractivity contribution < 1.29 is 0 Å². The van der Waals surface area contributed by atoms with E-state index in [0.717, 1.165) is 82.9 Å². The minimum absolute atomic E-state index is 0.317. The number of fused-ring (bicyclic) bond motifs is 2. The van der Waals surface area contributed by atoms with E-state index in [-0.39, 0.29) is 5.54 Å². The number of aliphatic imine (C=N–C) groups is 2. The molecule has 2 aliphatic heterocycles. The number of aromatic nitrogens is 4. The summed E-state index contributed by atoms with van der Waals surface area (Å²) in [5.74, 6) is 2.72. The molecule has 2 aliphatic rings. The quantitative estimate of drug-likeness (QED) is 0.197. The molecule has 4 heterocycles. The van der Waals surface area contributed by atoms with E-state index in [9.17, 15) is 0 Å². The summed E-state index contributed by atoms with van der Waals surface area (Å²) < 4.78 is 0. The number of anilines is 3. The highest BCUT2D eigenvalue weighted by molar-refractivity contribution is 6.10. The molecule has 48 heavy (non-hydrogen) atoms. The van der Waals surface area contributed by atoms with E-state index >= 15 is 0 Å². The van der Waals surface area contributed by atoms with Crippen molar-refractivity contribution in [2.75, 3.05) is 43.0 Å². The molecule has 0 unspecified atom stereocenters. The lowest BCUT2D eigenvalue weighted by molar-refractivity contribution is 0.312. The van der Waals surface area contributed by atoms with Gasteiger partial charge in [0.2, 0.25) is 11.9 Å². The SMILES string of the molecule is CC1=NC(N(c2ccc3c(N4CCN(C)CC4)nc(C=Cc4ccccc4)nc3c2)c2nc(C)c3cc(C)c(C)cc3n2)=NC(C)(C)C1. The van der Waals surface area contributed by atoms with Gasteiger partial charge in [-0.15, -0.1) is 0 Å². The second-order valence-corrected chi connectivity index (χ2v) is 13.8. The molecule has 7 rings (SSSR count). The van der Waals surface area contributed by atoms with Crippen molar-refractivity contribution in [1.29, 1.82) is 0 Å². The molecule has 9 nitrogen and oxygen atoms in total. The van der Waals surface area contributed by atoms with Gasteiger partial charge in [-0.1, -0.05) is 36.4 Å². The van der Waals surface area contributed by atoms with Gasteiger partial charge in [0.25, 0.3) is 0 Å². The van der Waals surface area contributed by atoms with E-state index in [1.54, 1.807) is 0 Å². The molecule has 0 bridgehead atoms. The number of guanidine groups is 1. The van der Waals surface area contributed by atoms with Crippen LogP contribution in [0.4, 0.5) is 17.5 Å². The van der Waals surface area contributed by atoms with Gasteiger partial charge in [0.05, 0.1) is 28.0 Å². The molecule has 1 saturated heterocycles. The molecule has 244 valence electrons. The third-order valence-electron chi connectivity index (χ3n) is 9.24. The number of rotatable bonds is 5. The molecule has 0 atom stereocenters. The highest BCUT2D eigenvalue weighted by Crippen LogP contribution is 2.34. The Morgan fingerprint density at radius 1 is 0.750 bits per heavy atom. The Hall–Kier alpha value is -5.02. The van der Waals surface area contributed by atoms with Crippen LogP contribution in [0.3, 0.4) is 0 Å². The molecule has 3 aromatic carbocycles. The lowest BCUT2D eigenvalue weighted by Gasteiger charge is -2.34. The maximum Gasteiger partial charge on any atom is 0.237 e. The molecule has 0 amide bonds. The van der Waals surface area contributed by atoms with Crippen LogP contribution in [0.15, 0.2) is 70.6 Å². The second-order valence-electron chi connectivity index (χ2n) is 13.8. The average Bonchev–Trinajstić information content (AvgIpc) is 3.04. The number of hydrogen-bond donors (Lipinski definition) is 0. The molecule has 0 saturated carbocycles. The summed E-state index contributed by atoms with van der Waals surface area (Å²) in [6, 6.07) is 20.9. The third-order valence-corrected chi connectivity index (χ3v) is 9.24. The lowest BCUT2D eigenvalue weighted by Crippen LogP contribution is -2.45. The Bertz CT molecular complexity index is 2110. The highest BCUT2D eigenvalue weighted by Gasteiger charge is 2.30. The van der Waals surface area contributed by atoms with Gasteiger partial charge in [-0.05, 0) is 102 Å². The van der Waals surface area contributed by atoms with Crippen LogP contribution in [-0.4, -0.2) is 75.3 Å². The first-order chi connectivity index (χ1) is 23.0. The first-order valence-electron chi connectivity index (χ1n) is 16.7. The Labute approximate surface area is 282 Å². The summed E-state index contributed by atoms with van der Waals surface area (Å²) in [6.07, 6.45) is 4.86. The van der Waals surface area contributed by atoms with Crippen molar-refractivity contribution in [3.05, 3.63) is 88.9 Å². The van der Waals surface area contributed by atoms with Crippen molar-refractivity contribution in [3.63, 3.8) is 0 Å². The number of nitrogens with zero attached hydrogens (tertiary/aromatic N) is 9. The van der Waals surface area contributed by atoms with Gasteiger partial charge in [-0.3, -0.25) is 0 Å². The predicted molar refractivity (Wildman–Crippen MR) is 200 cm³/mol. The van der Waals surface area contributed by atoms with E-state index in [4.69, 9.17) is 29.9 Å². The summed E-state index contributed by atoms with van der Waals surface area (Å²) >= 11 is 0. The summed E-state index contributed by atoms with van der Waals surface area (Å²) in [4.78, 5) is 37.2. The summed E-state index contributed by atoms with van der Waals surface area (Å²) in [5.41, 5.74) is 7.72. The first-order valence-corrected chi connectivity index (χ1v) is 16.7. The van der Waals surface area contributed by atoms with Crippen LogP contribution >= 0.6 is 0 Å². The smallest absolute Gasteiger partial charge is 0.237 e. The highest BCUT2D eigenvalue weighted by atomic mass is 15.4. The molecule has 1 fully saturated rings. The monoisotopic (exact) mass is 637 g/mol. The van der Waals surface area contributed by atoms with Crippen molar-refractivity contribution >= 4 is 63.1 Å². The van der Waals surface area contributed by atoms with Gasteiger partial charge >= 0.3 is 0 Å². The van der Waals surface area contributed by atoms with Crippen LogP contribution in [0, 0.1) is 20.8 Å². The first kappa shape index (κ1) is 31.6. The molecule has 9 heteroatoms. The average molecular weight is 638 g/mol. The molecule has 0 spiro atoms. The Morgan fingerprint density at radius 3 is 2.23 bits per heavy atom. The lowest BCUT2D eigenvalue weighted by atomic mass is 9.98. The molecule has 0 aliphatic carbocycles. The maximum atomic E-state index is 5.14. The fraction of sp³-hybridized carbons (Fsp3) is 0.333. The van der Waals surface area contributed by atoms with E-state index in [1.165, 1.54) is 11.1 Å². The van der Waals surface area contributed by atoms with Gasteiger partial charge in [-0.2, -0.15) is 0 Å². The summed E-state index contributed by atoms with van der Waals surface area (Å²) in [6.45, 7) is 16.4. The summed E-state index contributed by atoms with van der Waals surface area (Å²) in [5, 5.41) is 2.05. The van der Waals surface area contributed by atoms with E-state index in [0.29, 0.717) is 17.7 Å².